The molecule has 0 heterocycles. The lowest BCUT2D eigenvalue weighted by atomic mass is 9.92. The van der Waals surface area contributed by atoms with Crippen molar-refractivity contribution in [3.63, 3.8) is 0 Å². The molecule has 0 radical (unpaired) electrons. The third-order valence-corrected chi connectivity index (χ3v) is 8.03. The molecule has 0 saturated carbocycles. The van der Waals surface area contributed by atoms with E-state index in [1.807, 2.05) is 6.92 Å². The van der Waals surface area contributed by atoms with Crippen molar-refractivity contribution in [2.75, 3.05) is 21.3 Å². The normalized spacial score (nSPS) is 15.6. The van der Waals surface area contributed by atoms with E-state index in [0.717, 1.165) is 70.2 Å². The molecule has 2 rings (SSSR count). The summed E-state index contributed by atoms with van der Waals surface area (Å²) in [5.74, 6) is 6.22. The minimum absolute atomic E-state index is 0.333. The molecule has 13 heteroatoms. The van der Waals surface area contributed by atoms with Crippen LogP contribution in [0.15, 0.2) is 73.3 Å². The molecule has 2 aromatic rings. The molecule has 0 saturated heterocycles. The number of methoxy groups -OCH3 is 3. The van der Waals surface area contributed by atoms with Gasteiger partial charge in [0.25, 0.3) is 11.2 Å². The maximum Gasteiger partial charge on any atom is 0.432 e. The van der Waals surface area contributed by atoms with E-state index < -0.39 is 64.9 Å². The fourth-order valence-electron chi connectivity index (χ4n) is 5.29. The third kappa shape index (κ3) is 10.6. The van der Waals surface area contributed by atoms with Crippen molar-refractivity contribution in [3.05, 3.63) is 84.4 Å². The van der Waals surface area contributed by atoms with Crippen LogP contribution in [0.4, 0.5) is 26.3 Å². The van der Waals surface area contributed by atoms with E-state index in [-0.39, 0.29) is 6.42 Å². The van der Waals surface area contributed by atoms with E-state index >= 15 is 0 Å². The second-order valence-electron chi connectivity index (χ2n) is 11.3. The number of halogens is 6. The molecule has 0 spiro atoms. The van der Waals surface area contributed by atoms with Crippen LogP contribution in [0.3, 0.4) is 0 Å². The van der Waals surface area contributed by atoms with Crippen LogP contribution in [0.5, 0.6) is 0 Å². The summed E-state index contributed by atoms with van der Waals surface area (Å²) in [6, 6.07) is 12.5. The number of unbranched alkanes of at least 4 members (excludes halogenated alkanes) is 4. The van der Waals surface area contributed by atoms with Gasteiger partial charge >= 0.3 is 24.3 Å². The SMILES string of the molecule is C=C[C@H](C#CC#CC[C@H](OC(=O)[C@](OC)(c1ccccc1)C(F)(F)F)[C@H](CCCCCCC)OC)OC(=O)[C@](OC)(c1ccccc1)C(F)(F)F. The van der Waals surface area contributed by atoms with Crippen molar-refractivity contribution >= 4 is 11.9 Å². The van der Waals surface area contributed by atoms with Crippen molar-refractivity contribution < 1.29 is 59.6 Å². The molecule has 51 heavy (non-hydrogen) atoms. The van der Waals surface area contributed by atoms with E-state index in [2.05, 4.69) is 30.3 Å². The van der Waals surface area contributed by atoms with Gasteiger partial charge in [-0.15, -0.1) is 0 Å². The Labute approximate surface area is 294 Å². The summed E-state index contributed by atoms with van der Waals surface area (Å²) in [7, 11) is 2.80. The maximum absolute atomic E-state index is 14.6. The molecule has 0 fully saturated rings. The molecular formula is C38H42F6O7. The Morgan fingerprint density at radius 2 is 1.22 bits per heavy atom. The van der Waals surface area contributed by atoms with Gasteiger partial charge in [-0.25, -0.2) is 9.59 Å². The van der Waals surface area contributed by atoms with Gasteiger partial charge < -0.3 is 23.7 Å². The molecule has 0 N–H and O–H groups in total. The van der Waals surface area contributed by atoms with Gasteiger partial charge in [-0.3, -0.25) is 0 Å². The third-order valence-electron chi connectivity index (χ3n) is 8.03. The summed E-state index contributed by atoms with van der Waals surface area (Å²) in [6.07, 6.45) is -8.83. The summed E-state index contributed by atoms with van der Waals surface area (Å²) in [5.41, 5.74) is -7.92. The molecular weight excluding hydrogens is 682 g/mol. The highest BCUT2D eigenvalue weighted by molar-refractivity contribution is 5.83. The van der Waals surface area contributed by atoms with Gasteiger partial charge in [0, 0.05) is 38.9 Å². The van der Waals surface area contributed by atoms with Gasteiger partial charge in [-0.1, -0.05) is 112 Å². The van der Waals surface area contributed by atoms with E-state index in [1.165, 1.54) is 43.5 Å². The van der Waals surface area contributed by atoms with Crippen LogP contribution in [-0.2, 0) is 44.5 Å². The first-order chi connectivity index (χ1) is 24.2. The van der Waals surface area contributed by atoms with Gasteiger partial charge in [-0.05, 0) is 30.3 Å². The van der Waals surface area contributed by atoms with Crippen LogP contribution < -0.4 is 0 Å². The monoisotopic (exact) mass is 724 g/mol. The first-order valence-corrected chi connectivity index (χ1v) is 16.1. The Bertz CT molecular complexity index is 1520. The molecule has 7 nitrogen and oxygen atoms in total. The molecule has 2 aromatic carbocycles. The highest BCUT2D eigenvalue weighted by Crippen LogP contribution is 2.44. The fraction of sp³-hybridized carbons (Fsp3) is 0.474. The highest BCUT2D eigenvalue weighted by atomic mass is 19.4. The number of hydrogen-bond acceptors (Lipinski definition) is 7. The largest absolute Gasteiger partial charge is 0.456 e. The summed E-state index contributed by atoms with van der Waals surface area (Å²) in [6.45, 7) is 5.49. The molecule has 0 aliphatic carbocycles. The van der Waals surface area contributed by atoms with E-state index in [9.17, 15) is 35.9 Å². The Morgan fingerprint density at radius 3 is 1.65 bits per heavy atom. The second kappa shape index (κ2) is 19.9. The molecule has 0 amide bonds. The lowest BCUT2D eigenvalue weighted by Gasteiger charge is -2.34. The van der Waals surface area contributed by atoms with Crippen LogP contribution in [0.1, 0.15) is 63.0 Å². The lowest BCUT2D eigenvalue weighted by Crippen LogP contribution is -2.53. The van der Waals surface area contributed by atoms with Gasteiger partial charge in [-0.2, -0.15) is 26.3 Å². The molecule has 0 aliphatic rings. The lowest BCUT2D eigenvalue weighted by molar-refractivity contribution is -0.279. The number of ether oxygens (including phenoxy) is 5. The minimum Gasteiger partial charge on any atom is -0.456 e. The van der Waals surface area contributed by atoms with Crippen LogP contribution >= 0.6 is 0 Å². The molecule has 278 valence electrons. The van der Waals surface area contributed by atoms with Gasteiger partial charge in [0.2, 0.25) is 0 Å². The topological polar surface area (TPSA) is 80.3 Å². The Morgan fingerprint density at radius 1 is 0.725 bits per heavy atom. The second-order valence-corrected chi connectivity index (χ2v) is 11.3. The van der Waals surface area contributed by atoms with Crippen LogP contribution in [-0.4, -0.2) is 63.9 Å². The standard InChI is InChI=1S/C38H42F6O7/c1-6-8-9-10-19-26-31(47-3)32(51-34(46)36(49-5,38(42,43)44)29-23-16-12-17-24-29)27-20-13-18-25-30(7-2)50-33(45)35(48-4,37(39,40)41)28-21-14-11-15-22-28/h7,11-12,14-17,21-24,30-32H,2,6,8-10,19,26-27H2,1,3-5H3/t30-,31+,32+,35-,36-/m1/s1. The Kier molecular flexibility index (Phi) is 16.7. The van der Waals surface area contributed by atoms with Crippen molar-refractivity contribution in [2.45, 2.75) is 93.7 Å². The number of rotatable bonds is 18. The number of carbonyl (C=O) groups excluding carboxylic acids is 2. The zero-order chi connectivity index (χ0) is 38.1. The number of carbonyl (C=O) groups is 2. The van der Waals surface area contributed by atoms with Gasteiger partial charge in [0.05, 0.1) is 6.10 Å². The predicted molar refractivity (Wildman–Crippen MR) is 177 cm³/mol. The van der Waals surface area contributed by atoms with E-state index in [1.54, 1.807) is 0 Å². The first kappa shape index (κ1) is 42.9. The Balaban J connectivity index is 2.38. The predicted octanol–water partition coefficient (Wildman–Crippen LogP) is 7.98. The smallest absolute Gasteiger partial charge is 0.432 e. The molecule has 0 unspecified atom stereocenters. The first-order valence-electron chi connectivity index (χ1n) is 16.1. The number of alkyl halides is 6. The summed E-state index contributed by atoms with van der Waals surface area (Å²) in [4.78, 5) is 26.4. The average Bonchev–Trinajstić information content (AvgIpc) is 3.09. The Hall–Kier alpha value is -4.30. The quantitative estimate of drug-likeness (QED) is 0.0508. The average molecular weight is 725 g/mol. The fourth-order valence-corrected chi connectivity index (χ4v) is 5.29. The van der Waals surface area contributed by atoms with E-state index in [0.29, 0.717) is 12.8 Å². The maximum atomic E-state index is 14.6. The van der Waals surface area contributed by atoms with Crippen molar-refractivity contribution in [1.29, 1.82) is 0 Å². The zero-order valence-electron chi connectivity index (χ0n) is 28.9. The molecule has 0 aromatic heterocycles. The molecule has 0 aliphatic heterocycles. The number of hydrogen-bond donors (Lipinski definition) is 0. The van der Waals surface area contributed by atoms with Crippen molar-refractivity contribution in [3.8, 4) is 23.7 Å². The van der Waals surface area contributed by atoms with Crippen LogP contribution in [0.25, 0.3) is 0 Å². The number of esters is 2. The summed E-state index contributed by atoms with van der Waals surface area (Å²) in [5, 5.41) is 0. The van der Waals surface area contributed by atoms with E-state index in [4.69, 9.17) is 23.7 Å². The summed E-state index contributed by atoms with van der Waals surface area (Å²) < 4.78 is 112. The molecule has 0 bridgehead atoms. The molecule has 5 atom stereocenters. The zero-order valence-corrected chi connectivity index (χ0v) is 28.9. The van der Waals surface area contributed by atoms with Gasteiger partial charge in [0.1, 0.15) is 6.10 Å². The van der Waals surface area contributed by atoms with Crippen molar-refractivity contribution in [2.24, 2.45) is 0 Å². The van der Waals surface area contributed by atoms with Crippen LogP contribution in [0, 0.1) is 23.7 Å². The van der Waals surface area contributed by atoms with Crippen LogP contribution in [0.2, 0.25) is 0 Å². The summed E-state index contributed by atoms with van der Waals surface area (Å²) >= 11 is 0. The number of benzene rings is 2. The minimum atomic E-state index is -5.22. The van der Waals surface area contributed by atoms with Gasteiger partial charge in [0.15, 0.2) is 6.10 Å². The van der Waals surface area contributed by atoms with Crippen molar-refractivity contribution in [1.82, 2.24) is 0 Å². The highest BCUT2D eigenvalue weighted by Gasteiger charge is 2.65.